The molecule has 0 aromatic heterocycles. The van der Waals surface area contributed by atoms with Gasteiger partial charge >= 0.3 is 0 Å². The molecule has 0 heterocycles. The first-order chi connectivity index (χ1) is 5.24. The zero-order valence-electron chi connectivity index (χ0n) is 7.81. The van der Waals surface area contributed by atoms with Crippen molar-refractivity contribution in [3.8, 4) is 0 Å². The van der Waals surface area contributed by atoms with Gasteiger partial charge in [-0.25, -0.2) is 0 Å². The highest BCUT2D eigenvalue weighted by Gasteiger charge is 2.16. The van der Waals surface area contributed by atoms with Crippen LogP contribution in [-0.4, -0.2) is 13.2 Å². The molecule has 1 nitrogen and oxygen atoms in total. The molecule has 11 heavy (non-hydrogen) atoms. The first-order valence-electron chi connectivity index (χ1n) is 4.42. The summed E-state index contributed by atoms with van der Waals surface area (Å²) in [5, 5.41) is 0. The molecular formula is C10H18O. The summed E-state index contributed by atoms with van der Waals surface area (Å²) in [5.74, 6) is 0. The number of hydrogen-bond donors (Lipinski definition) is 0. The monoisotopic (exact) mass is 154 g/mol. The average Bonchev–Trinajstić information content (AvgIpc) is 2.05. The van der Waals surface area contributed by atoms with E-state index >= 15 is 0 Å². The van der Waals surface area contributed by atoms with Crippen molar-refractivity contribution in [1.82, 2.24) is 0 Å². The Hall–Kier alpha value is -0.300. The molecular weight excluding hydrogens is 136 g/mol. The van der Waals surface area contributed by atoms with Crippen LogP contribution >= 0.6 is 0 Å². The maximum atomic E-state index is 5.34. The predicted octanol–water partition coefficient (Wildman–Crippen LogP) is 2.91. The fourth-order valence-electron chi connectivity index (χ4n) is 1.68. The van der Waals surface area contributed by atoms with E-state index in [2.05, 4.69) is 13.8 Å². The van der Waals surface area contributed by atoms with Gasteiger partial charge in [-0.2, -0.15) is 0 Å². The third kappa shape index (κ3) is 2.33. The minimum atomic E-state index is 0.494. The highest BCUT2D eigenvalue weighted by Crippen LogP contribution is 2.27. The summed E-state index contributed by atoms with van der Waals surface area (Å²) in [7, 11) is 1.82. The summed E-state index contributed by atoms with van der Waals surface area (Å²) in [4.78, 5) is 0. The van der Waals surface area contributed by atoms with E-state index in [1.165, 1.54) is 31.3 Å². The lowest BCUT2D eigenvalue weighted by molar-refractivity contribution is 0.0845. The molecule has 0 bridgehead atoms. The van der Waals surface area contributed by atoms with Gasteiger partial charge in [0.1, 0.15) is 0 Å². The van der Waals surface area contributed by atoms with Gasteiger partial charge in [0.25, 0.3) is 0 Å². The van der Waals surface area contributed by atoms with Gasteiger partial charge in [0.15, 0.2) is 0 Å². The second kappa shape index (κ2) is 3.91. The van der Waals surface area contributed by atoms with Crippen LogP contribution in [0.3, 0.4) is 0 Å². The molecule has 1 aliphatic rings. The van der Waals surface area contributed by atoms with Gasteiger partial charge in [-0.05, 0) is 39.5 Å². The van der Waals surface area contributed by atoms with Crippen LogP contribution in [0.2, 0.25) is 0 Å². The normalized spacial score (nSPS) is 25.4. The van der Waals surface area contributed by atoms with Gasteiger partial charge in [-0.15, -0.1) is 0 Å². The highest BCUT2D eigenvalue weighted by molar-refractivity contribution is 5.12. The molecule has 0 aromatic carbocycles. The quantitative estimate of drug-likeness (QED) is 0.528. The fourth-order valence-corrected chi connectivity index (χ4v) is 1.68. The minimum absolute atomic E-state index is 0.494. The zero-order chi connectivity index (χ0) is 8.27. The SMILES string of the molecule is CO[C@@H]1CCCC(=C(C)C)C1. The van der Waals surface area contributed by atoms with Gasteiger partial charge in [0.2, 0.25) is 0 Å². The molecule has 0 amide bonds. The van der Waals surface area contributed by atoms with E-state index in [-0.39, 0.29) is 0 Å². The smallest absolute Gasteiger partial charge is 0.0608 e. The Labute approximate surface area is 69.4 Å². The first kappa shape index (κ1) is 8.79. The summed E-state index contributed by atoms with van der Waals surface area (Å²) in [6.07, 6.45) is 5.50. The lowest BCUT2D eigenvalue weighted by atomic mass is 9.90. The van der Waals surface area contributed by atoms with Crippen LogP contribution in [0.1, 0.15) is 39.5 Å². The Morgan fingerprint density at radius 3 is 2.73 bits per heavy atom. The van der Waals surface area contributed by atoms with Crippen molar-refractivity contribution in [3.63, 3.8) is 0 Å². The van der Waals surface area contributed by atoms with E-state index in [1.807, 2.05) is 7.11 Å². The second-order valence-electron chi connectivity index (χ2n) is 3.56. The molecule has 64 valence electrons. The molecule has 0 aromatic rings. The van der Waals surface area contributed by atoms with E-state index in [0.29, 0.717) is 6.10 Å². The summed E-state index contributed by atoms with van der Waals surface area (Å²) >= 11 is 0. The predicted molar refractivity (Wildman–Crippen MR) is 47.6 cm³/mol. The lowest BCUT2D eigenvalue weighted by Crippen LogP contribution is -2.16. The van der Waals surface area contributed by atoms with Crippen LogP contribution in [0.4, 0.5) is 0 Å². The van der Waals surface area contributed by atoms with E-state index in [9.17, 15) is 0 Å². The molecule has 1 atom stereocenters. The van der Waals surface area contributed by atoms with Crippen LogP contribution in [0.5, 0.6) is 0 Å². The van der Waals surface area contributed by atoms with E-state index in [0.717, 1.165) is 0 Å². The van der Waals surface area contributed by atoms with Crippen molar-refractivity contribution < 1.29 is 4.74 Å². The highest BCUT2D eigenvalue weighted by atomic mass is 16.5. The standard InChI is InChI=1S/C10H18O/c1-8(2)9-5-4-6-10(7-9)11-3/h10H,4-7H2,1-3H3/t10-/m1/s1. The van der Waals surface area contributed by atoms with Gasteiger partial charge in [0, 0.05) is 7.11 Å². The molecule has 1 fully saturated rings. The summed E-state index contributed by atoms with van der Waals surface area (Å²) < 4.78 is 5.34. The van der Waals surface area contributed by atoms with Crippen molar-refractivity contribution >= 4 is 0 Å². The molecule has 0 aliphatic heterocycles. The van der Waals surface area contributed by atoms with Crippen molar-refractivity contribution in [2.75, 3.05) is 7.11 Å². The topological polar surface area (TPSA) is 9.23 Å². The number of rotatable bonds is 1. The maximum absolute atomic E-state index is 5.34. The summed E-state index contributed by atoms with van der Waals surface area (Å²) in [6, 6.07) is 0. The van der Waals surface area contributed by atoms with Crippen molar-refractivity contribution in [2.45, 2.75) is 45.6 Å². The van der Waals surface area contributed by atoms with Crippen LogP contribution in [0, 0.1) is 0 Å². The number of hydrogen-bond acceptors (Lipinski definition) is 1. The Bertz CT molecular complexity index is 154. The number of methoxy groups -OCH3 is 1. The molecule has 1 saturated carbocycles. The van der Waals surface area contributed by atoms with Crippen molar-refractivity contribution in [2.24, 2.45) is 0 Å². The van der Waals surface area contributed by atoms with Gasteiger partial charge in [0.05, 0.1) is 6.10 Å². The third-order valence-electron chi connectivity index (χ3n) is 2.52. The lowest BCUT2D eigenvalue weighted by Gasteiger charge is -2.23. The Morgan fingerprint density at radius 1 is 1.45 bits per heavy atom. The van der Waals surface area contributed by atoms with E-state index < -0.39 is 0 Å². The molecule has 1 rings (SSSR count). The Balaban J connectivity index is 2.53. The molecule has 0 N–H and O–H groups in total. The average molecular weight is 154 g/mol. The van der Waals surface area contributed by atoms with Gasteiger partial charge < -0.3 is 4.74 Å². The fraction of sp³-hybridized carbons (Fsp3) is 0.800. The van der Waals surface area contributed by atoms with Gasteiger partial charge in [-0.1, -0.05) is 11.1 Å². The Kier molecular flexibility index (Phi) is 3.13. The van der Waals surface area contributed by atoms with E-state index in [4.69, 9.17) is 4.74 Å². The molecule has 0 spiro atoms. The molecule has 1 aliphatic carbocycles. The second-order valence-corrected chi connectivity index (χ2v) is 3.56. The van der Waals surface area contributed by atoms with E-state index in [1.54, 1.807) is 5.57 Å². The Morgan fingerprint density at radius 2 is 2.18 bits per heavy atom. The molecule has 0 unspecified atom stereocenters. The van der Waals surface area contributed by atoms with Crippen LogP contribution < -0.4 is 0 Å². The molecule has 1 heteroatoms. The maximum Gasteiger partial charge on any atom is 0.0608 e. The zero-order valence-corrected chi connectivity index (χ0v) is 7.81. The molecule has 0 saturated heterocycles. The largest absolute Gasteiger partial charge is 0.381 e. The van der Waals surface area contributed by atoms with Gasteiger partial charge in [-0.3, -0.25) is 0 Å². The van der Waals surface area contributed by atoms with Crippen LogP contribution in [0.25, 0.3) is 0 Å². The number of ether oxygens (including phenoxy) is 1. The summed E-state index contributed by atoms with van der Waals surface area (Å²) in [6.45, 7) is 4.40. The van der Waals surface area contributed by atoms with Crippen molar-refractivity contribution in [3.05, 3.63) is 11.1 Å². The van der Waals surface area contributed by atoms with Crippen LogP contribution in [-0.2, 0) is 4.74 Å². The number of allylic oxidation sites excluding steroid dienone is 1. The van der Waals surface area contributed by atoms with Crippen molar-refractivity contribution in [1.29, 1.82) is 0 Å². The first-order valence-corrected chi connectivity index (χ1v) is 4.42. The van der Waals surface area contributed by atoms with Crippen LogP contribution in [0.15, 0.2) is 11.1 Å². The molecule has 0 radical (unpaired) electrons. The minimum Gasteiger partial charge on any atom is -0.381 e. The summed E-state index contributed by atoms with van der Waals surface area (Å²) in [5.41, 5.74) is 3.11. The third-order valence-corrected chi connectivity index (χ3v) is 2.52.